The molecule has 0 fully saturated rings. The number of hydrogen-bond acceptors (Lipinski definition) is 4. The second kappa shape index (κ2) is 11.0. The Hall–Kier alpha value is -3.25. The van der Waals surface area contributed by atoms with E-state index in [0.717, 1.165) is 36.0 Å². The highest BCUT2D eigenvalue weighted by molar-refractivity contribution is 5.74. The lowest BCUT2D eigenvalue weighted by atomic mass is 9.85. The summed E-state index contributed by atoms with van der Waals surface area (Å²) in [6, 6.07) is 14.4. The minimum absolute atomic E-state index is 0.0517. The zero-order valence-electron chi connectivity index (χ0n) is 22.5. The average molecular weight is 506 g/mol. The van der Waals surface area contributed by atoms with Crippen molar-refractivity contribution in [2.24, 2.45) is 17.3 Å². The highest BCUT2D eigenvalue weighted by Crippen LogP contribution is 2.39. The van der Waals surface area contributed by atoms with Gasteiger partial charge in [-0.15, -0.1) is 0 Å². The molecule has 1 aromatic heterocycles. The third-order valence-electron chi connectivity index (χ3n) is 7.82. The van der Waals surface area contributed by atoms with Crippen molar-refractivity contribution in [3.8, 4) is 11.5 Å². The molecule has 2 N–H and O–H groups in total. The van der Waals surface area contributed by atoms with Crippen LogP contribution in [-0.2, 0) is 30.6 Å². The number of fused-ring (bicyclic) bond motifs is 1. The van der Waals surface area contributed by atoms with Crippen LogP contribution < -0.4 is 9.47 Å². The summed E-state index contributed by atoms with van der Waals surface area (Å²) in [5, 5.41) is 21.2. The first kappa shape index (κ1) is 26.8. The Morgan fingerprint density at radius 3 is 2.22 bits per heavy atom. The van der Waals surface area contributed by atoms with Crippen LogP contribution in [0.15, 0.2) is 54.9 Å². The summed E-state index contributed by atoms with van der Waals surface area (Å²) in [6.07, 6.45) is 6.65. The van der Waals surface area contributed by atoms with E-state index in [1.54, 1.807) is 28.1 Å². The summed E-state index contributed by atoms with van der Waals surface area (Å²) >= 11 is 0. The van der Waals surface area contributed by atoms with Crippen LogP contribution in [0.3, 0.4) is 0 Å². The van der Waals surface area contributed by atoms with Gasteiger partial charge >= 0.3 is 5.97 Å². The predicted octanol–water partition coefficient (Wildman–Crippen LogP) is 5.62. The molecule has 0 radical (unpaired) electrons. The molecule has 3 aromatic rings. The Bertz CT molecular complexity index is 1190. The minimum atomic E-state index is -0.838. The van der Waals surface area contributed by atoms with Crippen LogP contribution in [0.2, 0.25) is 0 Å². The van der Waals surface area contributed by atoms with E-state index in [0.29, 0.717) is 30.4 Å². The van der Waals surface area contributed by atoms with Gasteiger partial charge in [0.15, 0.2) is 0 Å². The Morgan fingerprint density at radius 1 is 1.08 bits per heavy atom. The van der Waals surface area contributed by atoms with Crippen molar-refractivity contribution in [3.63, 3.8) is 0 Å². The van der Waals surface area contributed by atoms with E-state index in [1.807, 2.05) is 37.5 Å². The molecule has 37 heavy (non-hydrogen) atoms. The zero-order valence-corrected chi connectivity index (χ0v) is 22.5. The summed E-state index contributed by atoms with van der Waals surface area (Å²) in [6.45, 7) is 6.06. The van der Waals surface area contributed by atoms with Crippen LogP contribution in [-0.4, -0.2) is 35.0 Å². The number of aliphatic carboxylic acids is 1. The maximum atomic E-state index is 11.7. The predicted molar refractivity (Wildman–Crippen MR) is 144 cm³/mol. The smallest absolute Gasteiger partial charge is 0.309 e. The molecule has 0 bridgehead atoms. The van der Waals surface area contributed by atoms with Crippen LogP contribution in [0.1, 0.15) is 54.2 Å². The van der Waals surface area contributed by atoms with Gasteiger partial charge in [-0.2, -0.15) is 0 Å². The van der Waals surface area contributed by atoms with Crippen molar-refractivity contribution in [1.29, 1.82) is 0 Å². The maximum absolute atomic E-state index is 11.7. The maximum Gasteiger partial charge on any atom is 0.309 e. The number of benzene rings is 2. The van der Waals surface area contributed by atoms with E-state index >= 15 is 0 Å². The highest BCUT2D eigenvalue weighted by atomic mass is 16.5. The van der Waals surface area contributed by atoms with E-state index in [1.165, 1.54) is 11.1 Å². The minimum Gasteiger partial charge on any atom is -0.496 e. The van der Waals surface area contributed by atoms with Crippen LogP contribution in [0.5, 0.6) is 11.5 Å². The van der Waals surface area contributed by atoms with Gasteiger partial charge in [-0.3, -0.25) is 4.79 Å². The molecule has 0 aliphatic heterocycles. The van der Waals surface area contributed by atoms with Gasteiger partial charge in [0.25, 0.3) is 0 Å². The second-order valence-corrected chi connectivity index (χ2v) is 11.1. The van der Waals surface area contributed by atoms with Crippen LogP contribution in [0, 0.1) is 24.2 Å². The van der Waals surface area contributed by atoms with Gasteiger partial charge in [0.1, 0.15) is 11.5 Å². The Balaban J connectivity index is 1.60. The Morgan fingerprint density at radius 2 is 1.68 bits per heavy atom. The van der Waals surface area contributed by atoms with Crippen LogP contribution in [0.25, 0.3) is 0 Å². The fraction of sp³-hybridized carbons (Fsp3) is 0.452. The van der Waals surface area contributed by atoms with Gasteiger partial charge in [-0.25, -0.2) is 0 Å². The van der Waals surface area contributed by atoms with E-state index in [-0.39, 0.29) is 5.92 Å². The molecule has 6 heteroatoms. The lowest BCUT2D eigenvalue weighted by molar-refractivity contribution is -0.146. The summed E-state index contributed by atoms with van der Waals surface area (Å²) in [7, 11) is 3.26. The normalized spacial score (nSPS) is 15.3. The third-order valence-corrected chi connectivity index (χ3v) is 7.82. The fourth-order valence-electron chi connectivity index (χ4n) is 5.66. The van der Waals surface area contributed by atoms with E-state index in [2.05, 4.69) is 28.8 Å². The number of hydrogen-bond donors (Lipinski definition) is 2. The SMILES string of the molecule is COc1cc([C@@H](O)[C@@H](CC2Cc3ccccc3C2)Cn2ccc(CC(C)(C)C(=O)O)c2)cc(OC)c1C. The Kier molecular flexibility index (Phi) is 7.98. The first-order chi connectivity index (χ1) is 17.6. The van der Waals surface area contributed by atoms with Gasteiger partial charge in [0.05, 0.1) is 25.7 Å². The molecule has 1 heterocycles. The zero-order chi connectivity index (χ0) is 26.7. The topological polar surface area (TPSA) is 80.9 Å². The molecule has 0 spiro atoms. The van der Waals surface area contributed by atoms with Crippen molar-refractivity contribution < 1.29 is 24.5 Å². The molecule has 1 aliphatic rings. The highest BCUT2D eigenvalue weighted by Gasteiger charge is 2.31. The van der Waals surface area contributed by atoms with E-state index in [9.17, 15) is 15.0 Å². The molecular weight excluding hydrogens is 466 g/mol. The van der Waals surface area contributed by atoms with Crippen molar-refractivity contribution in [3.05, 3.63) is 82.7 Å². The molecule has 0 saturated carbocycles. The number of carbonyl (C=O) groups is 1. The number of carboxylic acids is 1. The van der Waals surface area contributed by atoms with E-state index < -0.39 is 17.5 Å². The molecule has 2 atom stereocenters. The number of rotatable bonds is 11. The fourth-order valence-corrected chi connectivity index (χ4v) is 5.66. The number of aliphatic hydroxyl groups is 1. The van der Waals surface area contributed by atoms with Gasteiger partial charge in [0, 0.05) is 30.4 Å². The standard InChI is InChI=1S/C31H39NO5/c1-20-27(36-4)15-25(16-28(20)37-5)29(33)26(14-22-12-23-8-6-7-9-24(23)13-22)19-32-11-10-21(18-32)17-31(2,3)30(34)35/h6-11,15-16,18,22,26,29,33H,12-14,17,19H2,1-5H3,(H,34,35)/t26-,29+/m0/s1. The lowest BCUT2D eigenvalue weighted by Gasteiger charge is -2.27. The molecule has 0 saturated heterocycles. The Labute approximate surface area is 219 Å². The van der Waals surface area contributed by atoms with Crippen molar-refractivity contribution >= 4 is 5.97 Å². The number of ether oxygens (including phenoxy) is 2. The average Bonchev–Trinajstić information content (AvgIpc) is 3.48. The van der Waals surface area contributed by atoms with Gasteiger partial charge in [-0.1, -0.05) is 24.3 Å². The quantitative estimate of drug-likeness (QED) is 0.353. The third kappa shape index (κ3) is 6.02. The van der Waals surface area contributed by atoms with Gasteiger partial charge in [0.2, 0.25) is 0 Å². The number of nitrogens with zero attached hydrogens (tertiary/aromatic N) is 1. The molecule has 6 nitrogen and oxygen atoms in total. The van der Waals surface area contributed by atoms with Crippen molar-refractivity contribution in [1.82, 2.24) is 4.57 Å². The second-order valence-electron chi connectivity index (χ2n) is 11.1. The first-order valence-corrected chi connectivity index (χ1v) is 13.0. The van der Waals surface area contributed by atoms with Crippen LogP contribution >= 0.6 is 0 Å². The molecule has 0 amide bonds. The molecule has 4 rings (SSSR count). The monoisotopic (exact) mass is 505 g/mol. The van der Waals surface area contributed by atoms with Gasteiger partial charge < -0.3 is 24.3 Å². The van der Waals surface area contributed by atoms with Crippen molar-refractivity contribution in [2.75, 3.05) is 14.2 Å². The molecule has 1 aliphatic carbocycles. The number of aromatic nitrogens is 1. The van der Waals surface area contributed by atoms with Crippen molar-refractivity contribution in [2.45, 2.75) is 59.1 Å². The molecule has 0 unspecified atom stereocenters. The summed E-state index contributed by atoms with van der Waals surface area (Å²) in [4.78, 5) is 11.6. The molecular formula is C31H39NO5. The van der Waals surface area contributed by atoms with E-state index in [4.69, 9.17) is 9.47 Å². The summed E-state index contributed by atoms with van der Waals surface area (Å²) in [5.74, 6) is 0.979. The largest absolute Gasteiger partial charge is 0.496 e. The summed E-state index contributed by atoms with van der Waals surface area (Å²) < 4.78 is 13.2. The molecule has 2 aromatic carbocycles. The van der Waals surface area contributed by atoms with Gasteiger partial charge in [-0.05, 0) is 92.8 Å². The first-order valence-electron chi connectivity index (χ1n) is 13.0. The number of methoxy groups -OCH3 is 2. The molecule has 198 valence electrons. The number of carboxylic acid groups (broad SMARTS) is 1. The van der Waals surface area contributed by atoms with Crippen LogP contribution in [0.4, 0.5) is 0 Å². The summed E-state index contributed by atoms with van der Waals surface area (Å²) in [5.41, 5.74) is 4.62. The number of aliphatic hydroxyl groups excluding tert-OH is 1. The lowest BCUT2D eigenvalue weighted by Crippen LogP contribution is -2.26.